The summed E-state index contributed by atoms with van der Waals surface area (Å²) in [6.45, 7) is 6.23. The first-order chi connectivity index (χ1) is 8.09. The van der Waals surface area contributed by atoms with Crippen LogP contribution in [0.3, 0.4) is 0 Å². The quantitative estimate of drug-likeness (QED) is 0.859. The maximum Gasteiger partial charge on any atom is 0.123 e. The van der Waals surface area contributed by atoms with Gasteiger partial charge in [-0.2, -0.15) is 0 Å². The first kappa shape index (κ1) is 12.3. The van der Waals surface area contributed by atoms with Crippen molar-refractivity contribution in [3.63, 3.8) is 0 Å². The molecule has 0 amide bonds. The van der Waals surface area contributed by atoms with Crippen LogP contribution < -0.4 is 0 Å². The largest absolute Gasteiger partial charge is 0.508 e. The third-order valence-corrected chi connectivity index (χ3v) is 3.36. The van der Waals surface area contributed by atoms with Crippen LogP contribution in [0.5, 0.6) is 5.75 Å². The van der Waals surface area contributed by atoms with Crippen LogP contribution in [0.25, 0.3) is 0 Å². The van der Waals surface area contributed by atoms with E-state index >= 15 is 0 Å². The van der Waals surface area contributed by atoms with E-state index in [0.29, 0.717) is 18.8 Å². The van der Waals surface area contributed by atoms with E-state index in [9.17, 15) is 9.50 Å². The first-order valence-corrected chi connectivity index (χ1v) is 5.91. The van der Waals surface area contributed by atoms with E-state index in [0.717, 1.165) is 6.54 Å². The third-order valence-electron chi connectivity index (χ3n) is 3.36. The van der Waals surface area contributed by atoms with Crippen molar-refractivity contribution >= 4 is 0 Å². The summed E-state index contributed by atoms with van der Waals surface area (Å²) in [5.74, 6) is -0.164. The van der Waals surface area contributed by atoms with Crippen molar-refractivity contribution in [1.82, 2.24) is 4.90 Å². The first-order valence-electron chi connectivity index (χ1n) is 5.91. The van der Waals surface area contributed by atoms with Crippen molar-refractivity contribution in [3.05, 3.63) is 29.6 Å². The molecule has 3 nitrogen and oxygen atoms in total. The highest BCUT2D eigenvalue weighted by Gasteiger charge is 2.26. The van der Waals surface area contributed by atoms with Gasteiger partial charge in [0.05, 0.1) is 13.2 Å². The van der Waals surface area contributed by atoms with Crippen molar-refractivity contribution in [1.29, 1.82) is 0 Å². The molecule has 94 valence electrons. The van der Waals surface area contributed by atoms with Crippen molar-refractivity contribution in [2.45, 2.75) is 25.9 Å². The molecule has 2 rings (SSSR count). The number of hydrogen-bond acceptors (Lipinski definition) is 3. The number of halogens is 1. The summed E-state index contributed by atoms with van der Waals surface area (Å²) < 4.78 is 18.6. The van der Waals surface area contributed by atoms with Gasteiger partial charge in [0.25, 0.3) is 0 Å². The molecular formula is C13H18FNO2. The molecule has 0 aromatic heterocycles. The van der Waals surface area contributed by atoms with E-state index < -0.39 is 0 Å². The van der Waals surface area contributed by atoms with E-state index in [2.05, 4.69) is 11.8 Å². The molecule has 1 aliphatic rings. The van der Waals surface area contributed by atoms with Crippen LogP contribution in [0.4, 0.5) is 4.39 Å². The zero-order chi connectivity index (χ0) is 12.4. The number of benzene rings is 1. The average molecular weight is 239 g/mol. The monoisotopic (exact) mass is 239 g/mol. The van der Waals surface area contributed by atoms with Gasteiger partial charge in [-0.1, -0.05) is 0 Å². The Hall–Kier alpha value is -1.13. The number of phenols is 1. The van der Waals surface area contributed by atoms with Crippen LogP contribution in [-0.2, 0) is 4.74 Å². The summed E-state index contributed by atoms with van der Waals surface area (Å²) >= 11 is 0. The molecule has 0 bridgehead atoms. The van der Waals surface area contributed by atoms with Gasteiger partial charge in [0.1, 0.15) is 11.6 Å². The van der Waals surface area contributed by atoms with E-state index in [1.54, 1.807) is 0 Å². The SMILES string of the molecule is CC1COCCN1C(C)c1cc(F)ccc1O. The number of hydrogen-bond donors (Lipinski definition) is 1. The molecule has 2 unspecified atom stereocenters. The summed E-state index contributed by atoms with van der Waals surface area (Å²) in [7, 11) is 0. The Kier molecular flexibility index (Phi) is 3.64. The van der Waals surface area contributed by atoms with Gasteiger partial charge >= 0.3 is 0 Å². The Bertz CT molecular complexity index is 397. The Morgan fingerprint density at radius 2 is 2.29 bits per heavy atom. The molecule has 0 spiro atoms. The standard InChI is InChI=1S/C13H18FNO2/c1-9-8-17-6-5-15(9)10(2)12-7-11(14)3-4-13(12)16/h3-4,7,9-10,16H,5-6,8H2,1-2H3. The predicted molar refractivity (Wildman–Crippen MR) is 63.5 cm³/mol. The van der Waals surface area contributed by atoms with E-state index in [-0.39, 0.29) is 23.7 Å². The Morgan fingerprint density at radius 3 is 3.00 bits per heavy atom. The molecule has 1 fully saturated rings. The van der Waals surface area contributed by atoms with Crippen LogP contribution in [0, 0.1) is 5.82 Å². The minimum atomic E-state index is -0.314. The van der Waals surface area contributed by atoms with Crippen molar-refractivity contribution < 1.29 is 14.2 Å². The predicted octanol–water partition coefficient (Wildman–Crippen LogP) is 2.31. The molecule has 0 saturated carbocycles. The molecule has 1 N–H and O–H groups in total. The number of ether oxygens (including phenoxy) is 1. The lowest BCUT2D eigenvalue weighted by molar-refractivity contribution is -0.0194. The maximum atomic E-state index is 13.2. The fourth-order valence-corrected chi connectivity index (χ4v) is 2.35. The zero-order valence-corrected chi connectivity index (χ0v) is 10.2. The molecule has 1 saturated heterocycles. The number of phenolic OH excluding ortho intramolecular Hbond substituents is 1. The van der Waals surface area contributed by atoms with Gasteiger partial charge < -0.3 is 9.84 Å². The highest BCUT2D eigenvalue weighted by atomic mass is 19.1. The smallest absolute Gasteiger partial charge is 0.123 e. The molecule has 4 heteroatoms. The van der Waals surface area contributed by atoms with Crippen LogP contribution in [0.1, 0.15) is 25.5 Å². The number of aromatic hydroxyl groups is 1. The molecular weight excluding hydrogens is 221 g/mol. The van der Waals surface area contributed by atoms with E-state index in [1.165, 1.54) is 18.2 Å². The van der Waals surface area contributed by atoms with Gasteiger partial charge in [-0.25, -0.2) is 4.39 Å². The van der Waals surface area contributed by atoms with E-state index in [4.69, 9.17) is 4.74 Å². The number of rotatable bonds is 2. The molecule has 2 atom stereocenters. The summed E-state index contributed by atoms with van der Waals surface area (Å²) in [6, 6.07) is 4.36. The Morgan fingerprint density at radius 1 is 1.53 bits per heavy atom. The highest BCUT2D eigenvalue weighted by Crippen LogP contribution is 2.31. The third kappa shape index (κ3) is 2.58. The number of nitrogens with zero attached hydrogens (tertiary/aromatic N) is 1. The van der Waals surface area contributed by atoms with E-state index in [1.807, 2.05) is 6.92 Å². The summed E-state index contributed by atoms with van der Waals surface area (Å²) in [5, 5.41) is 9.80. The lowest BCUT2D eigenvalue weighted by Crippen LogP contribution is -2.44. The fraction of sp³-hybridized carbons (Fsp3) is 0.538. The Balaban J connectivity index is 2.23. The van der Waals surface area contributed by atoms with Crippen LogP contribution >= 0.6 is 0 Å². The molecule has 0 aliphatic carbocycles. The van der Waals surface area contributed by atoms with Gasteiger partial charge in [-0.05, 0) is 32.0 Å². The second kappa shape index (κ2) is 5.02. The lowest BCUT2D eigenvalue weighted by atomic mass is 10.0. The Labute approximate surface area is 101 Å². The number of morpholine rings is 1. The average Bonchev–Trinajstić information content (AvgIpc) is 2.32. The van der Waals surface area contributed by atoms with Crippen LogP contribution in [0.2, 0.25) is 0 Å². The minimum Gasteiger partial charge on any atom is -0.508 e. The van der Waals surface area contributed by atoms with Gasteiger partial charge in [-0.3, -0.25) is 4.90 Å². The van der Waals surface area contributed by atoms with Crippen LogP contribution in [-0.4, -0.2) is 35.8 Å². The van der Waals surface area contributed by atoms with Gasteiger partial charge in [0.15, 0.2) is 0 Å². The maximum absolute atomic E-state index is 13.2. The molecule has 1 aromatic rings. The summed E-state index contributed by atoms with van der Waals surface area (Å²) in [6.07, 6.45) is 0. The normalized spacial score (nSPS) is 23.6. The van der Waals surface area contributed by atoms with Gasteiger partial charge in [0, 0.05) is 24.2 Å². The highest BCUT2D eigenvalue weighted by molar-refractivity contribution is 5.35. The van der Waals surface area contributed by atoms with Gasteiger partial charge in [-0.15, -0.1) is 0 Å². The molecule has 1 heterocycles. The van der Waals surface area contributed by atoms with Gasteiger partial charge in [0.2, 0.25) is 0 Å². The topological polar surface area (TPSA) is 32.7 Å². The van der Waals surface area contributed by atoms with Crippen molar-refractivity contribution in [3.8, 4) is 5.75 Å². The molecule has 1 aromatic carbocycles. The second-order valence-electron chi connectivity index (χ2n) is 4.54. The second-order valence-corrected chi connectivity index (χ2v) is 4.54. The van der Waals surface area contributed by atoms with Crippen molar-refractivity contribution in [2.75, 3.05) is 19.8 Å². The lowest BCUT2D eigenvalue weighted by Gasteiger charge is -2.38. The molecule has 1 aliphatic heterocycles. The molecule has 17 heavy (non-hydrogen) atoms. The summed E-state index contributed by atoms with van der Waals surface area (Å²) in [5.41, 5.74) is 0.638. The zero-order valence-electron chi connectivity index (χ0n) is 10.2. The minimum absolute atomic E-state index is 0.00963. The van der Waals surface area contributed by atoms with Crippen LogP contribution in [0.15, 0.2) is 18.2 Å². The molecule has 0 radical (unpaired) electrons. The van der Waals surface area contributed by atoms with Crippen molar-refractivity contribution in [2.24, 2.45) is 0 Å². The summed E-state index contributed by atoms with van der Waals surface area (Å²) in [4.78, 5) is 2.22. The fourth-order valence-electron chi connectivity index (χ4n) is 2.35.